The first-order valence-corrected chi connectivity index (χ1v) is 5.16. The Morgan fingerprint density at radius 3 is 3.00 bits per heavy atom. The van der Waals surface area contributed by atoms with Gasteiger partial charge in [0.05, 0.1) is 0 Å². The molecule has 0 aliphatic heterocycles. The minimum Gasteiger partial charge on any atom is -0.372 e. The maximum Gasteiger partial charge on any atom is 0.245 e. The van der Waals surface area contributed by atoms with E-state index in [2.05, 4.69) is 15.3 Å². The largest absolute Gasteiger partial charge is 0.372 e. The summed E-state index contributed by atoms with van der Waals surface area (Å²) >= 11 is 0. The number of unbranched alkanes of at least 4 members (excludes halogenated alkanes) is 1. The monoisotopic (exact) mass is 214 g/mol. The van der Waals surface area contributed by atoms with E-state index >= 15 is 0 Å². The van der Waals surface area contributed by atoms with Crippen molar-refractivity contribution in [3.8, 4) is 0 Å². The summed E-state index contributed by atoms with van der Waals surface area (Å²) in [5.41, 5.74) is 8.00. The Morgan fingerprint density at radius 1 is 1.53 bits per heavy atom. The van der Waals surface area contributed by atoms with Crippen LogP contribution in [0.25, 0.3) is 10.4 Å². The maximum absolute atomic E-state index is 11.1. The third kappa shape index (κ3) is 10.7. The third-order valence-electron chi connectivity index (χ3n) is 1.65. The molecule has 0 fully saturated rings. The molecule has 0 aromatic carbocycles. The number of rotatable bonds is 9. The number of ether oxygens (including phenoxy) is 1. The average Bonchev–Trinajstić information content (AvgIpc) is 2.23. The highest BCUT2D eigenvalue weighted by Crippen LogP contribution is 1.88. The zero-order valence-electron chi connectivity index (χ0n) is 9.11. The van der Waals surface area contributed by atoms with Crippen molar-refractivity contribution in [3.63, 3.8) is 0 Å². The molecule has 0 aromatic rings. The highest BCUT2D eigenvalue weighted by molar-refractivity contribution is 5.77. The maximum atomic E-state index is 11.1. The lowest BCUT2D eigenvalue weighted by molar-refractivity contribution is -0.125. The normalized spacial score (nSPS) is 9.40. The van der Waals surface area contributed by atoms with Crippen LogP contribution < -0.4 is 5.32 Å². The number of nitrogens with zero attached hydrogens (tertiary/aromatic N) is 3. The standard InChI is InChI=1S/C9H18N4O2/c1-2-7-15-8-9(14)11-5-3-4-6-12-13-10/h2-8H2,1H3,(H,11,14). The SMILES string of the molecule is CCCOCC(=O)NCCCCN=[N+]=[N-]. The van der Waals surface area contributed by atoms with Crippen LogP contribution in [0.2, 0.25) is 0 Å². The number of azide groups is 1. The Labute approximate surface area is 89.6 Å². The zero-order chi connectivity index (χ0) is 11.4. The molecule has 1 N–H and O–H groups in total. The van der Waals surface area contributed by atoms with Crippen molar-refractivity contribution in [2.45, 2.75) is 26.2 Å². The second-order valence-electron chi connectivity index (χ2n) is 3.06. The van der Waals surface area contributed by atoms with Crippen LogP contribution in [0.1, 0.15) is 26.2 Å². The number of carbonyl (C=O) groups is 1. The molecule has 15 heavy (non-hydrogen) atoms. The molecule has 6 nitrogen and oxygen atoms in total. The van der Waals surface area contributed by atoms with Crippen molar-refractivity contribution in [1.29, 1.82) is 0 Å². The van der Waals surface area contributed by atoms with E-state index in [1.165, 1.54) is 0 Å². The Kier molecular flexibility index (Phi) is 9.91. The Hall–Kier alpha value is -1.26. The van der Waals surface area contributed by atoms with E-state index in [9.17, 15) is 4.79 Å². The molecule has 0 aliphatic carbocycles. The molecule has 0 unspecified atom stereocenters. The summed E-state index contributed by atoms with van der Waals surface area (Å²) in [4.78, 5) is 13.7. The van der Waals surface area contributed by atoms with Crippen LogP contribution in [-0.2, 0) is 9.53 Å². The predicted molar refractivity (Wildman–Crippen MR) is 57.4 cm³/mol. The first kappa shape index (κ1) is 13.7. The molecule has 0 rings (SSSR count). The van der Waals surface area contributed by atoms with Gasteiger partial charge in [-0.05, 0) is 24.8 Å². The molecular weight excluding hydrogens is 196 g/mol. The number of amides is 1. The smallest absolute Gasteiger partial charge is 0.245 e. The van der Waals surface area contributed by atoms with E-state index in [1.807, 2.05) is 6.92 Å². The Morgan fingerprint density at radius 2 is 2.33 bits per heavy atom. The minimum atomic E-state index is -0.0905. The van der Waals surface area contributed by atoms with Crippen molar-refractivity contribution in [3.05, 3.63) is 10.4 Å². The van der Waals surface area contributed by atoms with Gasteiger partial charge in [0.1, 0.15) is 6.61 Å². The predicted octanol–water partition coefficient (Wildman–Crippen LogP) is 1.62. The van der Waals surface area contributed by atoms with Gasteiger partial charge in [0, 0.05) is 24.6 Å². The van der Waals surface area contributed by atoms with Crippen LogP contribution in [0.3, 0.4) is 0 Å². The number of hydrogen-bond donors (Lipinski definition) is 1. The van der Waals surface area contributed by atoms with Gasteiger partial charge < -0.3 is 10.1 Å². The summed E-state index contributed by atoms with van der Waals surface area (Å²) in [6, 6.07) is 0. The summed E-state index contributed by atoms with van der Waals surface area (Å²) in [7, 11) is 0. The lowest BCUT2D eigenvalue weighted by Crippen LogP contribution is -2.28. The third-order valence-corrected chi connectivity index (χ3v) is 1.65. The summed E-state index contributed by atoms with van der Waals surface area (Å²) in [5.74, 6) is -0.0905. The van der Waals surface area contributed by atoms with Crippen LogP contribution in [0.5, 0.6) is 0 Å². The molecule has 0 atom stereocenters. The van der Waals surface area contributed by atoms with Gasteiger partial charge in [-0.15, -0.1) is 0 Å². The van der Waals surface area contributed by atoms with E-state index in [1.54, 1.807) is 0 Å². The summed E-state index contributed by atoms with van der Waals surface area (Å²) in [5, 5.41) is 6.11. The lowest BCUT2D eigenvalue weighted by atomic mass is 10.3. The van der Waals surface area contributed by atoms with E-state index in [0.29, 0.717) is 19.7 Å². The van der Waals surface area contributed by atoms with Gasteiger partial charge in [-0.25, -0.2) is 0 Å². The molecule has 0 heterocycles. The fraction of sp³-hybridized carbons (Fsp3) is 0.889. The van der Waals surface area contributed by atoms with Crippen LogP contribution in [0.15, 0.2) is 5.11 Å². The fourth-order valence-corrected chi connectivity index (χ4v) is 0.940. The number of hydrogen-bond acceptors (Lipinski definition) is 3. The van der Waals surface area contributed by atoms with E-state index in [-0.39, 0.29) is 12.5 Å². The van der Waals surface area contributed by atoms with Crippen molar-refractivity contribution in [1.82, 2.24) is 5.32 Å². The lowest BCUT2D eigenvalue weighted by Gasteiger charge is -2.04. The number of nitrogens with one attached hydrogen (secondary N) is 1. The zero-order valence-corrected chi connectivity index (χ0v) is 9.11. The Balaban J connectivity index is 3.20. The summed E-state index contributed by atoms with van der Waals surface area (Å²) < 4.78 is 5.06. The molecule has 1 amide bonds. The van der Waals surface area contributed by atoms with E-state index in [0.717, 1.165) is 19.3 Å². The molecular formula is C9H18N4O2. The molecule has 0 aliphatic rings. The molecule has 0 spiro atoms. The van der Waals surface area contributed by atoms with Gasteiger partial charge in [0.25, 0.3) is 0 Å². The molecule has 86 valence electrons. The van der Waals surface area contributed by atoms with Crippen LogP contribution >= 0.6 is 0 Å². The van der Waals surface area contributed by atoms with Crippen LogP contribution in [-0.4, -0.2) is 32.2 Å². The molecule has 0 saturated carbocycles. The minimum absolute atomic E-state index is 0.0905. The fourth-order valence-electron chi connectivity index (χ4n) is 0.940. The first-order valence-electron chi connectivity index (χ1n) is 5.16. The molecule has 0 radical (unpaired) electrons. The second kappa shape index (κ2) is 10.8. The van der Waals surface area contributed by atoms with Gasteiger partial charge >= 0.3 is 0 Å². The van der Waals surface area contributed by atoms with Crippen molar-refractivity contribution < 1.29 is 9.53 Å². The van der Waals surface area contributed by atoms with E-state index < -0.39 is 0 Å². The molecule has 0 bridgehead atoms. The van der Waals surface area contributed by atoms with Crippen LogP contribution in [0.4, 0.5) is 0 Å². The highest BCUT2D eigenvalue weighted by atomic mass is 16.5. The van der Waals surface area contributed by atoms with E-state index in [4.69, 9.17) is 10.3 Å². The van der Waals surface area contributed by atoms with Gasteiger partial charge in [-0.3, -0.25) is 4.79 Å². The Bertz CT molecular complexity index is 214. The second-order valence-corrected chi connectivity index (χ2v) is 3.06. The summed E-state index contributed by atoms with van der Waals surface area (Å²) in [6.45, 7) is 3.83. The topological polar surface area (TPSA) is 87.1 Å². The molecule has 0 saturated heterocycles. The van der Waals surface area contributed by atoms with Crippen LogP contribution in [0, 0.1) is 0 Å². The van der Waals surface area contributed by atoms with Crippen molar-refractivity contribution in [2.24, 2.45) is 5.11 Å². The van der Waals surface area contributed by atoms with Gasteiger partial charge in [0.15, 0.2) is 0 Å². The van der Waals surface area contributed by atoms with Gasteiger partial charge in [0.2, 0.25) is 5.91 Å². The first-order chi connectivity index (χ1) is 7.31. The highest BCUT2D eigenvalue weighted by Gasteiger charge is 1.98. The van der Waals surface area contributed by atoms with Gasteiger partial charge in [-0.1, -0.05) is 12.0 Å². The molecule has 0 aromatic heterocycles. The number of carbonyl (C=O) groups excluding carboxylic acids is 1. The van der Waals surface area contributed by atoms with Crippen molar-refractivity contribution >= 4 is 5.91 Å². The van der Waals surface area contributed by atoms with Gasteiger partial charge in [-0.2, -0.15) is 0 Å². The molecule has 6 heteroatoms. The summed E-state index contributed by atoms with van der Waals surface area (Å²) in [6.07, 6.45) is 2.53. The quantitative estimate of drug-likeness (QED) is 0.273. The van der Waals surface area contributed by atoms with Crippen molar-refractivity contribution in [2.75, 3.05) is 26.3 Å². The average molecular weight is 214 g/mol.